The van der Waals surface area contributed by atoms with Gasteiger partial charge in [-0.05, 0) is 50.1 Å². The summed E-state index contributed by atoms with van der Waals surface area (Å²) in [6, 6.07) is 0. The maximum atomic E-state index is 13.0. The third-order valence-corrected chi connectivity index (χ3v) is 4.51. The van der Waals surface area contributed by atoms with Crippen molar-refractivity contribution >= 4 is 0 Å². The Bertz CT molecular complexity index is 234. The Hall–Kier alpha value is -0.180. The summed E-state index contributed by atoms with van der Waals surface area (Å²) in [5.74, 6) is -0.507. The van der Waals surface area contributed by atoms with Gasteiger partial charge in [0.15, 0.2) is 0 Å². The van der Waals surface area contributed by atoms with E-state index in [1.54, 1.807) is 0 Å². The van der Waals surface area contributed by atoms with Gasteiger partial charge in [0, 0.05) is 12.8 Å². The quantitative estimate of drug-likeness (QED) is 0.793. The molecule has 0 radical (unpaired) electrons. The number of rotatable bonds is 4. The van der Waals surface area contributed by atoms with Gasteiger partial charge in [0.05, 0.1) is 0 Å². The van der Waals surface area contributed by atoms with E-state index in [0.717, 1.165) is 24.9 Å². The zero-order valence-electron chi connectivity index (χ0n) is 10.9. The van der Waals surface area contributed by atoms with Crippen molar-refractivity contribution in [2.24, 2.45) is 17.8 Å². The van der Waals surface area contributed by atoms with Crippen LogP contribution < -0.4 is 5.32 Å². The molecule has 0 aromatic carbocycles. The van der Waals surface area contributed by atoms with Crippen LogP contribution in [0.15, 0.2) is 0 Å². The standard InChI is InChI=1S/C14H25F2N/c1-11-2-4-12(5-3-11)9-17-10-13-6-7-14(15,16)8-13/h11-13,17H,2-10H2,1H3. The second-order valence-corrected chi connectivity index (χ2v) is 6.25. The first-order valence-corrected chi connectivity index (χ1v) is 7.14. The van der Waals surface area contributed by atoms with Crippen LogP contribution in [0.3, 0.4) is 0 Å². The van der Waals surface area contributed by atoms with E-state index < -0.39 is 5.92 Å². The van der Waals surface area contributed by atoms with Crippen LogP contribution in [0.1, 0.15) is 51.9 Å². The summed E-state index contributed by atoms with van der Waals surface area (Å²) in [4.78, 5) is 0. The van der Waals surface area contributed by atoms with E-state index in [1.807, 2.05) is 0 Å². The zero-order valence-corrected chi connectivity index (χ0v) is 10.9. The molecule has 0 bridgehead atoms. The lowest BCUT2D eigenvalue weighted by Crippen LogP contribution is -2.29. The molecule has 0 spiro atoms. The molecule has 100 valence electrons. The second kappa shape index (κ2) is 5.64. The van der Waals surface area contributed by atoms with Crippen LogP contribution >= 0.6 is 0 Å². The predicted octanol–water partition coefficient (Wildman–Crippen LogP) is 3.84. The zero-order chi connectivity index (χ0) is 12.3. The summed E-state index contributed by atoms with van der Waals surface area (Å²) in [6.45, 7) is 4.15. The van der Waals surface area contributed by atoms with Gasteiger partial charge in [0.25, 0.3) is 0 Å². The Morgan fingerprint density at radius 2 is 1.65 bits per heavy atom. The molecule has 2 aliphatic rings. The van der Waals surface area contributed by atoms with E-state index in [1.165, 1.54) is 25.7 Å². The monoisotopic (exact) mass is 245 g/mol. The SMILES string of the molecule is CC1CCC(CNCC2CCC(F)(F)C2)CC1. The fourth-order valence-corrected chi connectivity index (χ4v) is 3.24. The Morgan fingerprint density at radius 3 is 2.24 bits per heavy atom. The van der Waals surface area contributed by atoms with Gasteiger partial charge in [0.1, 0.15) is 0 Å². The number of alkyl halides is 2. The van der Waals surface area contributed by atoms with E-state index in [-0.39, 0.29) is 18.8 Å². The molecule has 1 atom stereocenters. The minimum atomic E-state index is -2.38. The maximum absolute atomic E-state index is 13.0. The molecule has 1 N–H and O–H groups in total. The summed E-state index contributed by atoms with van der Waals surface area (Å²) in [6.07, 6.45) is 6.20. The minimum absolute atomic E-state index is 0.0975. The fraction of sp³-hybridized carbons (Fsp3) is 1.00. The lowest BCUT2D eigenvalue weighted by Gasteiger charge is -2.26. The van der Waals surface area contributed by atoms with E-state index >= 15 is 0 Å². The Balaban J connectivity index is 1.57. The van der Waals surface area contributed by atoms with E-state index in [0.29, 0.717) is 6.42 Å². The Kier molecular flexibility index (Phi) is 4.40. The van der Waals surface area contributed by atoms with Crippen LogP contribution in [0.5, 0.6) is 0 Å². The van der Waals surface area contributed by atoms with Gasteiger partial charge >= 0.3 is 0 Å². The number of nitrogens with one attached hydrogen (secondary N) is 1. The third kappa shape index (κ3) is 4.20. The normalized spacial score (nSPS) is 37.2. The summed E-state index contributed by atoms with van der Waals surface area (Å²) < 4.78 is 26.0. The van der Waals surface area contributed by atoms with Crippen LogP contribution in [0.2, 0.25) is 0 Å². The highest BCUT2D eigenvalue weighted by atomic mass is 19.3. The molecular formula is C14H25F2N. The van der Waals surface area contributed by atoms with Crippen molar-refractivity contribution in [3.8, 4) is 0 Å². The van der Waals surface area contributed by atoms with Crippen molar-refractivity contribution in [1.29, 1.82) is 0 Å². The van der Waals surface area contributed by atoms with Crippen molar-refractivity contribution in [3.63, 3.8) is 0 Å². The lowest BCUT2D eigenvalue weighted by molar-refractivity contribution is 0.00504. The van der Waals surface area contributed by atoms with Crippen LogP contribution in [0, 0.1) is 17.8 Å². The molecule has 1 unspecified atom stereocenters. The van der Waals surface area contributed by atoms with Crippen molar-refractivity contribution in [2.75, 3.05) is 13.1 Å². The molecule has 2 fully saturated rings. The van der Waals surface area contributed by atoms with Crippen LogP contribution in [0.4, 0.5) is 8.78 Å². The maximum Gasteiger partial charge on any atom is 0.248 e. The molecule has 17 heavy (non-hydrogen) atoms. The first kappa shape index (κ1) is 13.3. The second-order valence-electron chi connectivity index (χ2n) is 6.25. The van der Waals surface area contributed by atoms with Crippen LogP contribution in [-0.2, 0) is 0 Å². The highest BCUT2D eigenvalue weighted by molar-refractivity contribution is 4.82. The van der Waals surface area contributed by atoms with Gasteiger partial charge in [-0.1, -0.05) is 19.8 Å². The largest absolute Gasteiger partial charge is 0.316 e. The molecule has 0 aromatic rings. The smallest absolute Gasteiger partial charge is 0.248 e. The van der Waals surface area contributed by atoms with Crippen molar-refractivity contribution in [3.05, 3.63) is 0 Å². The van der Waals surface area contributed by atoms with Crippen molar-refractivity contribution in [1.82, 2.24) is 5.32 Å². The van der Waals surface area contributed by atoms with Crippen LogP contribution in [0.25, 0.3) is 0 Å². The van der Waals surface area contributed by atoms with Gasteiger partial charge in [-0.25, -0.2) is 8.78 Å². The molecule has 3 heteroatoms. The fourth-order valence-electron chi connectivity index (χ4n) is 3.24. The molecule has 0 heterocycles. The summed E-state index contributed by atoms with van der Waals surface area (Å²) >= 11 is 0. The van der Waals surface area contributed by atoms with E-state index in [4.69, 9.17) is 0 Å². The average Bonchev–Trinajstić information content (AvgIpc) is 2.61. The number of halogens is 2. The van der Waals surface area contributed by atoms with E-state index in [9.17, 15) is 8.78 Å². The molecule has 2 rings (SSSR count). The average molecular weight is 245 g/mol. The Labute approximate surface area is 103 Å². The minimum Gasteiger partial charge on any atom is -0.316 e. The third-order valence-electron chi connectivity index (χ3n) is 4.51. The number of hydrogen-bond acceptors (Lipinski definition) is 1. The van der Waals surface area contributed by atoms with Crippen LogP contribution in [-0.4, -0.2) is 19.0 Å². The molecule has 0 saturated heterocycles. The van der Waals surface area contributed by atoms with Crippen molar-refractivity contribution < 1.29 is 8.78 Å². The van der Waals surface area contributed by atoms with Gasteiger partial charge in [-0.3, -0.25) is 0 Å². The Morgan fingerprint density at radius 1 is 1.00 bits per heavy atom. The summed E-state index contributed by atoms with van der Waals surface area (Å²) in [5.41, 5.74) is 0. The first-order valence-electron chi connectivity index (χ1n) is 7.14. The molecule has 0 aromatic heterocycles. The lowest BCUT2D eigenvalue weighted by atomic mass is 9.83. The molecule has 2 aliphatic carbocycles. The van der Waals surface area contributed by atoms with Gasteiger partial charge in [-0.2, -0.15) is 0 Å². The first-order chi connectivity index (χ1) is 8.05. The van der Waals surface area contributed by atoms with Gasteiger partial charge in [0.2, 0.25) is 5.92 Å². The summed E-state index contributed by atoms with van der Waals surface area (Å²) in [5, 5.41) is 3.42. The molecule has 1 nitrogen and oxygen atoms in total. The number of hydrogen-bond donors (Lipinski definition) is 1. The predicted molar refractivity (Wildman–Crippen MR) is 66.3 cm³/mol. The molecule has 0 amide bonds. The topological polar surface area (TPSA) is 12.0 Å². The van der Waals surface area contributed by atoms with Gasteiger partial charge < -0.3 is 5.32 Å². The highest BCUT2D eigenvalue weighted by Crippen LogP contribution is 2.38. The van der Waals surface area contributed by atoms with Gasteiger partial charge in [-0.15, -0.1) is 0 Å². The highest BCUT2D eigenvalue weighted by Gasteiger charge is 2.38. The summed E-state index contributed by atoms with van der Waals surface area (Å²) in [7, 11) is 0. The van der Waals surface area contributed by atoms with Crippen molar-refractivity contribution in [2.45, 2.75) is 57.8 Å². The molecular weight excluding hydrogens is 220 g/mol. The molecule has 2 saturated carbocycles. The van der Waals surface area contributed by atoms with E-state index in [2.05, 4.69) is 12.2 Å². The molecule has 0 aliphatic heterocycles.